The molecular weight excluding hydrogens is 739 g/mol. The minimum atomic E-state index is 0.632. The van der Waals surface area contributed by atoms with Crippen LogP contribution in [0.1, 0.15) is 0 Å². The van der Waals surface area contributed by atoms with Crippen LogP contribution in [0.2, 0.25) is 0 Å². The van der Waals surface area contributed by atoms with Gasteiger partial charge in [-0.1, -0.05) is 176 Å². The number of fused-ring (bicyclic) bond motifs is 4. The molecule has 6 heteroatoms. The number of para-hydroxylation sites is 2. The number of thiophene rings is 1. The largest absolute Gasteiger partial charge is 0.243 e. The van der Waals surface area contributed by atoms with E-state index in [4.69, 9.17) is 24.9 Å². The van der Waals surface area contributed by atoms with Crippen LogP contribution >= 0.6 is 11.3 Å². The van der Waals surface area contributed by atoms with Gasteiger partial charge in [-0.25, -0.2) is 24.9 Å². The first-order valence-corrected chi connectivity index (χ1v) is 20.4. The van der Waals surface area contributed by atoms with E-state index in [0.717, 1.165) is 65.7 Å². The Bertz CT molecular complexity index is 3290. The van der Waals surface area contributed by atoms with Crippen LogP contribution in [0.15, 0.2) is 200 Å². The Labute approximate surface area is 345 Å². The lowest BCUT2D eigenvalue weighted by atomic mass is 9.97. The summed E-state index contributed by atoms with van der Waals surface area (Å²) in [5.74, 6) is 1.91. The maximum Gasteiger partial charge on any atom is 0.164 e. The van der Waals surface area contributed by atoms with Gasteiger partial charge in [0, 0.05) is 26.8 Å². The molecule has 0 saturated carbocycles. The Kier molecular flexibility index (Phi) is 8.60. The Hall–Kier alpha value is -7.67. The fourth-order valence-corrected chi connectivity index (χ4v) is 8.72. The van der Waals surface area contributed by atoms with Gasteiger partial charge >= 0.3 is 0 Å². The summed E-state index contributed by atoms with van der Waals surface area (Å²) in [7, 11) is 0. The van der Waals surface area contributed by atoms with Crippen LogP contribution in [0.4, 0.5) is 0 Å². The molecule has 0 aliphatic carbocycles. The molecule has 0 radical (unpaired) electrons. The minimum Gasteiger partial charge on any atom is -0.243 e. The van der Waals surface area contributed by atoms with E-state index in [1.165, 1.54) is 27.0 Å². The molecule has 0 atom stereocenters. The first-order chi connectivity index (χ1) is 29.2. The van der Waals surface area contributed by atoms with Crippen LogP contribution in [0, 0.1) is 0 Å². The number of hydrogen-bond acceptors (Lipinski definition) is 6. The van der Waals surface area contributed by atoms with E-state index >= 15 is 0 Å². The molecule has 0 aliphatic rings. The summed E-state index contributed by atoms with van der Waals surface area (Å²) in [5, 5.41) is 1.15. The third-order valence-corrected chi connectivity index (χ3v) is 11.8. The van der Waals surface area contributed by atoms with Crippen LogP contribution in [0.5, 0.6) is 0 Å². The highest BCUT2D eigenvalue weighted by Crippen LogP contribution is 2.37. The van der Waals surface area contributed by atoms with Crippen LogP contribution in [-0.2, 0) is 0 Å². The molecule has 0 aliphatic heterocycles. The maximum atomic E-state index is 5.03. The second-order valence-corrected chi connectivity index (χ2v) is 15.6. The van der Waals surface area contributed by atoms with Gasteiger partial charge in [0.2, 0.25) is 0 Å². The fraction of sp³-hybridized carbons (Fsp3) is 0. The molecule has 11 rings (SSSR count). The predicted octanol–water partition coefficient (Wildman–Crippen LogP) is 13.9. The molecule has 11 aromatic rings. The molecule has 0 unspecified atom stereocenters. The van der Waals surface area contributed by atoms with Crippen molar-refractivity contribution in [3.63, 3.8) is 0 Å². The number of nitrogens with zero attached hydrogens (tertiary/aromatic N) is 5. The summed E-state index contributed by atoms with van der Waals surface area (Å²) in [5.41, 5.74) is 14.8. The second-order valence-electron chi connectivity index (χ2n) is 14.5. The third-order valence-electron chi connectivity index (χ3n) is 10.8. The van der Waals surface area contributed by atoms with E-state index in [9.17, 15) is 0 Å². The zero-order valence-corrected chi connectivity index (χ0v) is 32.5. The third kappa shape index (κ3) is 6.71. The quantitative estimate of drug-likeness (QED) is 0.161. The number of rotatable bonds is 7. The first kappa shape index (κ1) is 34.6. The van der Waals surface area contributed by atoms with Crippen LogP contribution in [-0.4, -0.2) is 24.9 Å². The Morgan fingerprint density at radius 1 is 0.271 bits per heavy atom. The van der Waals surface area contributed by atoms with E-state index < -0.39 is 0 Å². The first-order valence-electron chi connectivity index (χ1n) is 19.6. The lowest BCUT2D eigenvalue weighted by molar-refractivity contribution is 1.07. The molecule has 0 fully saturated rings. The normalized spacial score (nSPS) is 11.4. The molecule has 3 aromatic heterocycles. The monoisotopic (exact) mass is 771 g/mol. The van der Waals surface area contributed by atoms with Gasteiger partial charge in [-0.2, -0.15) is 0 Å². The fourth-order valence-electron chi connectivity index (χ4n) is 7.66. The summed E-state index contributed by atoms with van der Waals surface area (Å²) in [6.07, 6.45) is 0. The summed E-state index contributed by atoms with van der Waals surface area (Å²) >= 11 is 1.70. The van der Waals surface area contributed by atoms with Crippen molar-refractivity contribution in [1.29, 1.82) is 0 Å². The molecule has 0 spiro atoms. The Morgan fingerprint density at radius 3 is 1.25 bits per heavy atom. The predicted molar refractivity (Wildman–Crippen MR) is 244 cm³/mol. The van der Waals surface area contributed by atoms with Gasteiger partial charge in [-0.3, -0.25) is 0 Å². The van der Waals surface area contributed by atoms with Gasteiger partial charge < -0.3 is 0 Å². The van der Waals surface area contributed by atoms with E-state index in [-0.39, 0.29) is 0 Å². The molecule has 8 aromatic carbocycles. The van der Waals surface area contributed by atoms with Crippen molar-refractivity contribution >= 4 is 42.8 Å². The van der Waals surface area contributed by atoms with E-state index in [1.807, 2.05) is 60.7 Å². The average molecular weight is 772 g/mol. The molecular formula is C53H33N5S. The molecule has 3 heterocycles. The molecule has 276 valence electrons. The Morgan fingerprint density at radius 2 is 0.661 bits per heavy atom. The molecule has 59 heavy (non-hydrogen) atoms. The maximum absolute atomic E-state index is 5.03. The summed E-state index contributed by atoms with van der Waals surface area (Å²) in [4.78, 5) is 25.8. The Balaban J connectivity index is 0.864. The highest BCUT2D eigenvalue weighted by Gasteiger charge is 2.15. The van der Waals surface area contributed by atoms with Crippen molar-refractivity contribution in [2.75, 3.05) is 0 Å². The van der Waals surface area contributed by atoms with Crippen LogP contribution in [0.3, 0.4) is 0 Å². The molecule has 0 saturated heterocycles. The standard InChI is InChI=1S/C53H33N5S/c1-3-10-34(11-4-1)35-26-28-41(29-27-35)51-56-50(40-12-5-2-6-13-40)57-52(58-51)44-15-9-14-42(32-44)38-22-18-36(19-23-38)37-20-24-39(25-21-37)43-30-31-45-48(33-43)59-53-49(45)54-46-16-7-8-17-47(46)55-53/h1-33H. The highest BCUT2D eigenvalue weighted by molar-refractivity contribution is 7.25. The lowest BCUT2D eigenvalue weighted by Gasteiger charge is -2.11. The van der Waals surface area contributed by atoms with Crippen molar-refractivity contribution < 1.29 is 0 Å². The van der Waals surface area contributed by atoms with Gasteiger partial charge in [0.15, 0.2) is 17.5 Å². The van der Waals surface area contributed by atoms with Gasteiger partial charge in [0.25, 0.3) is 0 Å². The SMILES string of the molecule is c1ccc(-c2ccc(-c3nc(-c4ccccc4)nc(-c4cccc(-c5ccc(-c6ccc(-c7ccc8c(c7)sc7nc9ccccc9nc78)cc6)cc5)c4)n3)cc2)cc1. The van der Waals surface area contributed by atoms with Gasteiger partial charge in [-0.05, 0) is 68.8 Å². The highest BCUT2D eigenvalue weighted by atomic mass is 32.1. The minimum absolute atomic E-state index is 0.632. The van der Waals surface area contributed by atoms with Crippen molar-refractivity contribution in [3.8, 4) is 78.7 Å². The lowest BCUT2D eigenvalue weighted by Crippen LogP contribution is -2.00. The number of benzene rings is 8. The van der Waals surface area contributed by atoms with Gasteiger partial charge in [-0.15, -0.1) is 11.3 Å². The average Bonchev–Trinajstić information content (AvgIpc) is 3.68. The second kappa shape index (κ2) is 14.7. The van der Waals surface area contributed by atoms with Crippen molar-refractivity contribution in [2.24, 2.45) is 0 Å². The topological polar surface area (TPSA) is 64.5 Å². The van der Waals surface area contributed by atoms with E-state index in [1.54, 1.807) is 11.3 Å². The van der Waals surface area contributed by atoms with Crippen molar-refractivity contribution in [2.45, 2.75) is 0 Å². The molecule has 0 amide bonds. The van der Waals surface area contributed by atoms with Crippen molar-refractivity contribution in [3.05, 3.63) is 200 Å². The zero-order chi connectivity index (χ0) is 39.1. The number of hydrogen-bond donors (Lipinski definition) is 0. The smallest absolute Gasteiger partial charge is 0.164 e. The van der Waals surface area contributed by atoms with Crippen LogP contribution < -0.4 is 0 Å². The van der Waals surface area contributed by atoms with Gasteiger partial charge in [0.1, 0.15) is 10.3 Å². The number of aromatic nitrogens is 5. The van der Waals surface area contributed by atoms with Gasteiger partial charge in [0.05, 0.1) is 11.0 Å². The molecule has 5 nitrogen and oxygen atoms in total. The molecule has 0 N–H and O–H groups in total. The zero-order valence-electron chi connectivity index (χ0n) is 31.7. The summed E-state index contributed by atoms with van der Waals surface area (Å²) in [6.45, 7) is 0. The van der Waals surface area contributed by atoms with Crippen molar-refractivity contribution in [1.82, 2.24) is 24.9 Å². The molecule has 0 bridgehead atoms. The van der Waals surface area contributed by atoms with Crippen LogP contribution in [0.25, 0.3) is 110 Å². The van der Waals surface area contributed by atoms with E-state index in [0.29, 0.717) is 17.5 Å². The van der Waals surface area contributed by atoms with E-state index in [2.05, 4.69) is 140 Å². The summed E-state index contributed by atoms with van der Waals surface area (Å²) in [6, 6.07) is 69.6. The summed E-state index contributed by atoms with van der Waals surface area (Å²) < 4.78 is 1.19.